The first kappa shape index (κ1) is 12.4. The molecular weight excluding hydrogens is 281 g/mol. The van der Waals surface area contributed by atoms with Crippen molar-refractivity contribution in [1.29, 1.82) is 0 Å². The van der Waals surface area contributed by atoms with E-state index in [2.05, 4.69) is 15.3 Å². The van der Waals surface area contributed by atoms with Gasteiger partial charge in [0.2, 0.25) is 0 Å². The number of rotatable bonds is 3. The zero-order chi connectivity index (χ0) is 12.3. The van der Waals surface area contributed by atoms with E-state index in [-0.39, 0.29) is 0 Å². The fourth-order valence-electron chi connectivity index (χ4n) is 1.31. The summed E-state index contributed by atoms with van der Waals surface area (Å²) in [6.07, 6.45) is 4.92. The maximum Gasteiger partial charge on any atom is 0.0777 e. The van der Waals surface area contributed by atoms with Crippen LogP contribution in [0, 0.1) is 0 Å². The second-order valence-electron chi connectivity index (χ2n) is 3.29. The fourth-order valence-corrected chi connectivity index (χ4v) is 2.26. The number of benzene rings is 1. The predicted molar refractivity (Wildman–Crippen MR) is 70.8 cm³/mol. The van der Waals surface area contributed by atoms with Crippen molar-refractivity contribution >= 4 is 40.5 Å². The van der Waals surface area contributed by atoms with Gasteiger partial charge in [0.05, 0.1) is 34.2 Å². The van der Waals surface area contributed by atoms with Gasteiger partial charge in [-0.15, -0.1) is 0 Å². The number of hydrogen-bond donors (Lipinski definition) is 1. The van der Waals surface area contributed by atoms with E-state index in [1.165, 1.54) is 0 Å². The summed E-state index contributed by atoms with van der Waals surface area (Å²) in [5.74, 6) is 0. The van der Waals surface area contributed by atoms with Crippen molar-refractivity contribution in [2.24, 2.45) is 0 Å². The quantitative estimate of drug-likeness (QED) is 0.926. The van der Waals surface area contributed by atoms with Gasteiger partial charge in [-0.1, -0.05) is 34.8 Å². The monoisotopic (exact) mass is 287 g/mol. The molecule has 1 aromatic heterocycles. The van der Waals surface area contributed by atoms with Gasteiger partial charge in [0.1, 0.15) is 0 Å². The third kappa shape index (κ3) is 3.22. The molecule has 0 aliphatic heterocycles. The fraction of sp³-hybridized carbons (Fsp3) is 0.0909. The van der Waals surface area contributed by atoms with Crippen LogP contribution in [-0.4, -0.2) is 9.97 Å². The smallest absolute Gasteiger partial charge is 0.0777 e. The molecule has 1 aromatic carbocycles. The average Bonchev–Trinajstić information content (AvgIpc) is 2.29. The van der Waals surface area contributed by atoms with E-state index in [1.54, 1.807) is 30.7 Å². The van der Waals surface area contributed by atoms with Crippen molar-refractivity contribution in [2.75, 3.05) is 5.32 Å². The molecule has 3 nitrogen and oxygen atoms in total. The van der Waals surface area contributed by atoms with E-state index >= 15 is 0 Å². The molecule has 2 rings (SSSR count). The van der Waals surface area contributed by atoms with Crippen LogP contribution in [0.4, 0.5) is 5.69 Å². The van der Waals surface area contributed by atoms with Gasteiger partial charge in [0.25, 0.3) is 0 Å². The molecule has 0 unspecified atom stereocenters. The van der Waals surface area contributed by atoms with Gasteiger partial charge in [-0.25, -0.2) is 0 Å². The molecule has 0 radical (unpaired) electrons. The first-order valence-corrected chi connectivity index (χ1v) is 5.93. The number of aromatic nitrogens is 2. The zero-order valence-electron chi connectivity index (χ0n) is 8.62. The Morgan fingerprint density at radius 2 is 1.76 bits per heavy atom. The van der Waals surface area contributed by atoms with Crippen LogP contribution in [0.3, 0.4) is 0 Å². The van der Waals surface area contributed by atoms with E-state index in [9.17, 15) is 0 Å². The summed E-state index contributed by atoms with van der Waals surface area (Å²) in [4.78, 5) is 8.10. The normalized spacial score (nSPS) is 10.3. The van der Waals surface area contributed by atoms with Crippen molar-refractivity contribution in [3.63, 3.8) is 0 Å². The van der Waals surface area contributed by atoms with Crippen molar-refractivity contribution in [1.82, 2.24) is 9.97 Å². The van der Waals surface area contributed by atoms with Gasteiger partial charge in [-0.3, -0.25) is 9.97 Å². The minimum atomic E-state index is 0.478. The Bertz CT molecular complexity index is 494. The minimum absolute atomic E-state index is 0.478. The summed E-state index contributed by atoms with van der Waals surface area (Å²) in [7, 11) is 0. The zero-order valence-corrected chi connectivity index (χ0v) is 10.9. The van der Waals surface area contributed by atoms with Crippen molar-refractivity contribution in [3.05, 3.63) is 51.5 Å². The Kier molecular flexibility index (Phi) is 4.05. The predicted octanol–water partition coefficient (Wildman–Crippen LogP) is 4.05. The van der Waals surface area contributed by atoms with Crippen LogP contribution in [0.2, 0.25) is 15.1 Å². The van der Waals surface area contributed by atoms with Gasteiger partial charge in [0.15, 0.2) is 0 Å². The van der Waals surface area contributed by atoms with E-state index in [0.29, 0.717) is 27.3 Å². The molecule has 1 N–H and O–H groups in total. The van der Waals surface area contributed by atoms with Gasteiger partial charge < -0.3 is 5.32 Å². The number of nitrogens with one attached hydrogen (secondary N) is 1. The van der Waals surface area contributed by atoms with Gasteiger partial charge in [0, 0.05) is 17.4 Å². The second kappa shape index (κ2) is 5.54. The summed E-state index contributed by atoms with van der Waals surface area (Å²) in [6.45, 7) is 0.495. The molecule has 0 saturated heterocycles. The maximum atomic E-state index is 6.03. The maximum absolute atomic E-state index is 6.03. The molecule has 0 aliphatic rings. The van der Waals surface area contributed by atoms with Crippen LogP contribution >= 0.6 is 34.8 Å². The lowest BCUT2D eigenvalue weighted by atomic mass is 10.3. The SMILES string of the molecule is Clc1cc(Cl)c(NCc2cnccn2)c(Cl)c1. The van der Waals surface area contributed by atoms with E-state index in [1.807, 2.05) is 0 Å². The second-order valence-corrected chi connectivity index (χ2v) is 4.55. The first-order chi connectivity index (χ1) is 8.16. The molecule has 0 aliphatic carbocycles. The molecule has 2 aromatic rings. The Hall–Kier alpha value is -1.03. The van der Waals surface area contributed by atoms with Crippen molar-refractivity contribution in [2.45, 2.75) is 6.54 Å². The average molecular weight is 289 g/mol. The molecule has 17 heavy (non-hydrogen) atoms. The van der Waals surface area contributed by atoms with Crippen LogP contribution in [-0.2, 0) is 6.54 Å². The standard InChI is InChI=1S/C11H8Cl3N3/c12-7-3-9(13)11(10(14)4-7)17-6-8-5-15-1-2-16-8/h1-5,17H,6H2. The van der Waals surface area contributed by atoms with E-state index < -0.39 is 0 Å². The minimum Gasteiger partial charge on any atom is -0.377 e. The van der Waals surface area contributed by atoms with Crippen LogP contribution < -0.4 is 5.32 Å². The van der Waals surface area contributed by atoms with E-state index in [0.717, 1.165) is 5.69 Å². The van der Waals surface area contributed by atoms with Gasteiger partial charge in [-0.05, 0) is 12.1 Å². The highest BCUT2D eigenvalue weighted by Crippen LogP contribution is 2.33. The molecule has 1 heterocycles. The molecule has 0 spiro atoms. The third-order valence-electron chi connectivity index (χ3n) is 2.07. The Morgan fingerprint density at radius 1 is 1.06 bits per heavy atom. The molecule has 0 saturated carbocycles. The number of nitrogens with zero attached hydrogens (tertiary/aromatic N) is 2. The molecule has 0 amide bonds. The highest BCUT2D eigenvalue weighted by atomic mass is 35.5. The Morgan fingerprint density at radius 3 is 2.35 bits per heavy atom. The van der Waals surface area contributed by atoms with Crippen LogP contribution in [0.25, 0.3) is 0 Å². The topological polar surface area (TPSA) is 37.8 Å². The van der Waals surface area contributed by atoms with Gasteiger partial charge in [-0.2, -0.15) is 0 Å². The lowest BCUT2D eigenvalue weighted by molar-refractivity contribution is 1.01. The lowest BCUT2D eigenvalue weighted by Crippen LogP contribution is -2.02. The summed E-state index contributed by atoms with van der Waals surface area (Å²) in [5, 5.41) is 4.56. The van der Waals surface area contributed by atoms with Crippen LogP contribution in [0.5, 0.6) is 0 Å². The summed E-state index contributed by atoms with van der Waals surface area (Å²) < 4.78 is 0. The molecule has 88 valence electrons. The molecule has 6 heteroatoms. The highest BCUT2D eigenvalue weighted by Gasteiger charge is 2.07. The largest absolute Gasteiger partial charge is 0.377 e. The number of anilines is 1. The summed E-state index contributed by atoms with van der Waals surface area (Å²) >= 11 is 17.9. The van der Waals surface area contributed by atoms with E-state index in [4.69, 9.17) is 34.8 Å². The van der Waals surface area contributed by atoms with Crippen molar-refractivity contribution < 1.29 is 0 Å². The Balaban J connectivity index is 2.15. The number of halogens is 3. The number of hydrogen-bond acceptors (Lipinski definition) is 3. The molecule has 0 atom stereocenters. The van der Waals surface area contributed by atoms with Crippen molar-refractivity contribution in [3.8, 4) is 0 Å². The Labute approximate surface area is 114 Å². The lowest BCUT2D eigenvalue weighted by Gasteiger charge is -2.10. The molecule has 0 fully saturated rings. The van der Waals surface area contributed by atoms with Gasteiger partial charge >= 0.3 is 0 Å². The van der Waals surface area contributed by atoms with Crippen LogP contribution in [0.15, 0.2) is 30.7 Å². The molecular formula is C11H8Cl3N3. The first-order valence-electron chi connectivity index (χ1n) is 4.80. The molecule has 0 bridgehead atoms. The summed E-state index contributed by atoms with van der Waals surface area (Å²) in [5.41, 5.74) is 1.44. The summed E-state index contributed by atoms with van der Waals surface area (Å²) in [6, 6.07) is 3.27. The van der Waals surface area contributed by atoms with Crippen LogP contribution in [0.1, 0.15) is 5.69 Å². The third-order valence-corrected chi connectivity index (χ3v) is 2.88. The highest BCUT2D eigenvalue weighted by molar-refractivity contribution is 6.41.